The molecule has 156 valence electrons. The van der Waals surface area contributed by atoms with Gasteiger partial charge in [0.15, 0.2) is 5.82 Å². The van der Waals surface area contributed by atoms with Gasteiger partial charge in [0.05, 0.1) is 6.10 Å². The first-order valence-corrected chi connectivity index (χ1v) is 10.2. The summed E-state index contributed by atoms with van der Waals surface area (Å²) in [6.45, 7) is 7.30. The van der Waals surface area contributed by atoms with Crippen LogP contribution in [0.4, 0.5) is 0 Å². The standard InChI is InChI=1S/C21H29N5O3/c1-4-15(2)29-17-7-5-16(6-8-17)20-22-21(28)18(23-24-20)9-10-19(27)26-13-11-25(3)12-14-26/h5-8,15H,4,9-14H2,1-3H3,(H,22,24,28). The number of rotatable bonds is 7. The zero-order chi connectivity index (χ0) is 20.8. The third kappa shape index (κ3) is 5.63. The molecule has 0 bridgehead atoms. The third-order valence-electron chi connectivity index (χ3n) is 5.24. The summed E-state index contributed by atoms with van der Waals surface area (Å²) in [6.07, 6.45) is 1.63. The number of carbonyl (C=O) groups is 1. The molecule has 0 radical (unpaired) electrons. The number of amides is 1. The maximum atomic E-state index is 12.4. The largest absolute Gasteiger partial charge is 0.491 e. The Hall–Kier alpha value is -2.74. The van der Waals surface area contributed by atoms with Crippen LogP contribution >= 0.6 is 0 Å². The van der Waals surface area contributed by atoms with Crippen LogP contribution < -0.4 is 10.3 Å². The average molecular weight is 399 g/mol. The van der Waals surface area contributed by atoms with Crippen LogP contribution in [0.25, 0.3) is 11.4 Å². The number of nitrogens with zero attached hydrogens (tertiary/aromatic N) is 4. The van der Waals surface area contributed by atoms with E-state index in [-0.39, 0.29) is 36.1 Å². The molecule has 1 aliphatic heterocycles. The van der Waals surface area contributed by atoms with Gasteiger partial charge < -0.3 is 19.5 Å². The molecule has 8 heteroatoms. The zero-order valence-electron chi connectivity index (χ0n) is 17.4. The van der Waals surface area contributed by atoms with E-state index in [1.54, 1.807) is 0 Å². The first-order valence-electron chi connectivity index (χ1n) is 10.2. The second-order valence-electron chi connectivity index (χ2n) is 7.49. The van der Waals surface area contributed by atoms with Crippen LogP contribution in [0.2, 0.25) is 0 Å². The van der Waals surface area contributed by atoms with Crippen LogP contribution in [-0.4, -0.2) is 70.2 Å². The van der Waals surface area contributed by atoms with E-state index in [9.17, 15) is 9.59 Å². The highest BCUT2D eigenvalue weighted by atomic mass is 16.5. The van der Waals surface area contributed by atoms with Gasteiger partial charge in [0.25, 0.3) is 5.56 Å². The second-order valence-corrected chi connectivity index (χ2v) is 7.49. The highest BCUT2D eigenvalue weighted by Gasteiger charge is 2.19. The number of H-pyrrole nitrogens is 1. The minimum atomic E-state index is -0.305. The van der Waals surface area contributed by atoms with E-state index in [4.69, 9.17) is 4.74 Å². The molecule has 0 aliphatic carbocycles. The van der Waals surface area contributed by atoms with Gasteiger partial charge in [-0.2, -0.15) is 0 Å². The van der Waals surface area contributed by atoms with Gasteiger partial charge in [0.1, 0.15) is 11.4 Å². The Morgan fingerprint density at radius 1 is 1.17 bits per heavy atom. The van der Waals surface area contributed by atoms with Crippen molar-refractivity contribution in [2.45, 2.75) is 39.2 Å². The number of ether oxygens (including phenoxy) is 1. The van der Waals surface area contributed by atoms with Crippen LogP contribution in [0.15, 0.2) is 29.1 Å². The predicted molar refractivity (Wildman–Crippen MR) is 111 cm³/mol. The lowest BCUT2D eigenvalue weighted by atomic mass is 10.2. The van der Waals surface area contributed by atoms with Crippen LogP contribution in [0.3, 0.4) is 0 Å². The number of aromatic nitrogens is 3. The normalized spacial score (nSPS) is 15.9. The average Bonchev–Trinajstić information content (AvgIpc) is 2.73. The highest BCUT2D eigenvalue weighted by molar-refractivity contribution is 5.76. The number of aromatic amines is 1. The van der Waals surface area contributed by atoms with E-state index in [0.29, 0.717) is 5.82 Å². The number of hydrogen-bond acceptors (Lipinski definition) is 6. The number of benzene rings is 1. The van der Waals surface area contributed by atoms with Crippen LogP contribution in [0.5, 0.6) is 5.75 Å². The summed E-state index contributed by atoms with van der Waals surface area (Å²) < 4.78 is 5.76. The lowest BCUT2D eigenvalue weighted by Gasteiger charge is -2.32. The number of nitrogens with one attached hydrogen (secondary N) is 1. The topological polar surface area (TPSA) is 91.4 Å². The summed E-state index contributed by atoms with van der Waals surface area (Å²) in [7, 11) is 2.05. The lowest BCUT2D eigenvalue weighted by molar-refractivity contribution is -0.132. The fourth-order valence-electron chi connectivity index (χ4n) is 3.10. The third-order valence-corrected chi connectivity index (χ3v) is 5.24. The molecule has 8 nitrogen and oxygen atoms in total. The molecule has 1 amide bonds. The molecule has 1 saturated heterocycles. The first kappa shape index (κ1) is 21.0. The quantitative estimate of drug-likeness (QED) is 0.762. The van der Waals surface area contributed by atoms with Gasteiger partial charge in [-0.3, -0.25) is 9.59 Å². The number of aryl methyl sites for hydroxylation is 1. The molecule has 0 saturated carbocycles. The van der Waals surface area contributed by atoms with Crippen molar-refractivity contribution in [3.63, 3.8) is 0 Å². The number of carbonyl (C=O) groups excluding carboxylic acids is 1. The molecule has 2 aromatic rings. The maximum Gasteiger partial charge on any atom is 0.273 e. The molecular formula is C21H29N5O3. The van der Waals surface area contributed by atoms with Crippen molar-refractivity contribution in [3.05, 3.63) is 40.3 Å². The van der Waals surface area contributed by atoms with Crippen molar-refractivity contribution in [1.29, 1.82) is 0 Å². The fraction of sp³-hybridized carbons (Fsp3) is 0.524. The Labute approximate surface area is 170 Å². The van der Waals surface area contributed by atoms with Crippen LogP contribution in [0, 0.1) is 0 Å². The van der Waals surface area contributed by atoms with Gasteiger partial charge in [-0.15, -0.1) is 10.2 Å². The summed E-state index contributed by atoms with van der Waals surface area (Å²) in [5, 5.41) is 8.20. The van der Waals surface area contributed by atoms with Gasteiger partial charge in [-0.25, -0.2) is 0 Å². The number of likely N-dealkylation sites (N-methyl/N-ethyl adjacent to an activating group) is 1. The molecule has 1 aromatic carbocycles. The first-order chi connectivity index (χ1) is 14.0. The molecule has 2 heterocycles. The van der Waals surface area contributed by atoms with E-state index in [1.807, 2.05) is 43.1 Å². The molecule has 1 aromatic heterocycles. The van der Waals surface area contributed by atoms with Gasteiger partial charge in [-0.1, -0.05) is 6.92 Å². The van der Waals surface area contributed by atoms with Crippen molar-refractivity contribution in [1.82, 2.24) is 25.0 Å². The van der Waals surface area contributed by atoms with Crippen molar-refractivity contribution in [2.75, 3.05) is 33.2 Å². The van der Waals surface area contributed by atoms with E-state index in [0.717, 1.165) is 43.9 Å². The van der Waals surface area contributed by atoms with E-state index in [1.165, 1.54) is 0 Å². The molecule has 29 heavy (non-hydrogen) atoms. The highest BCUT2D eigenvalue weighted by Crippen LogP contribution is 2.19. The van der Waals surface area contributed by atoms with Crippen LogP contribution in [-0.2, 0) is 11.2 Å². The monoisotopic (exact) mass is 399 g/mol. The summed E-state index contributed by atoms with van der Waals surface area (Å²) in [5.41, 5.74) is 0.736. The Balaban J connectivity index is 1.60. The Kier molecular flexibility index (Phi) is 6.98. The smallest absolute Gasteiger partial charge is 0.273 e. The molecule has 1 unspecified atom stereocenters. The summed E-state index contributed by atoms with van der Waals surface area (Å²) in [6, 6.07) is 7.39. The maximum absolute atomic E-state index is 12.4. The van der Waals surface area contributed by atoms with Crippen molar-refractivity contribution in [3.8, 4) is 17.1 Å². The van der Waals surface area contributed by atoms with Gasteiger partial charge in [0.2, 0.25) is 5.91 Å². The number of piperazine rings is 1. The summed E-state index contributed by atoms with van der Waals surface area (Å²) >= 11 is 0. The van der Waals surface area contributed by atoms with Crippen molar-refractivity contribution in [2.24, 2.45) is 0 Å². The molecule has 3 rings (SSSR count). The van der Waals surface area contributed by atoms with Crippen molar-refractivity contribution >= 4 is 5.91 Å². The zero-order valence-corrected chi connectivity index (χ0v) is 17.4. The molecule has 0 spiro atoms. The SMILES string of the molecule is CCC(C)Oc1ccc(-c2nnc(CCC(=O)N3CCN(C)CC3)c(=O)[nH]2)cc1. The Morgan fingerprint density at radius 2 is 1.86 bits per heavy atom. The Bertz CT molecular complexity index is 873. The molecule has 1 N–H and O–H groups in total. The summed E-state index contributed by atoms with van der Waals surface area (Å²) in [5.74, 6) is 1.23. The molecule has 1 aliphatic rings. The van der Waals surface area contributed by atoms with Crippen molar-refractivity contribution < 1.29 is 9.53 Å². The van der Waals surface area contributed by atoms with E-state index < -0.39 is 0 Å². The second kappa shape index (κ2) is 9.65. The van der Waals surface area contributed by atoms with E-state index in [2.05, 4.69) is 27.0 Å². The number of hydrogen-bond donors (Lipinski definition) is 1. The van der Waals surface area contributed by atoms with Gasteiger partial charge in [0, 0.05) is 44.6 Å². The molecule has 1 fully saturated rings. The molecule has 1 atom stereocenters. The molecular weight excluding hydrogens is 370 g/mol. The fourth-order valence-corrected chi connectivity index (χ4v) is 3.10. The minimum absolute atomic E-state index is 0.0558. The van der Waals surface area contributed by atoms with Gasteiger partial charge in [-0.05, 0) is 44.7 Å². The van der Waals surface area contributed by atoms with E-state index >= 15 is 0 Å². The minimum Gasteiger partial charge on any atom is -0.491 e. The van der Waals surface area contributed by atoms with Crippen LogP contribution in [0.1, 0.15) is 32.4 Å². The Morgan fingerprint density at radius 3 is 2.48 bits per heavy atom. The predicted octanol–water partition coefficient (Wildman–Crippen LogP) is 1.72. The van der Waals surface area contributed by atoms with Gasteiger partial charge >= 0.3 is 0 Å². The summed E-state index contributed by atoms with van der Waals surface area (Å²) in [4.78, 5) is 31.5. The lowest BCUT2D eigenvalue weighted by Crippen LogP contribution is -2.47.